The molecule has 2 aliphatic rings. The highest BCUT2D eigenvalue weighted by Crippen LogP contribution is 2.23. The van der Waals surface area contributed by atoms with Gasteiger partial charge < -0.3 is 20.9 Å². The fourth-order valence-corrected chi connectivity index (χ4v) is 4.04. The fraction of sp³-hybridized carbons (Fsp3) is 0.636. The van der Waals surface area contributed by atoms with Crippen molar-refractivity contribution in [1.29, 1.82) is 0 Å². The van der Waals surface area contributed by atoms with E-state index in [4.69, 9.17) is 0 Å². The summed E-state index contributed by atoms with van der Waals surface area (Å²) < 4.78 is 0. The van der Waals surface area contributed by atoms with Gasteiger partial charge in [-0.1, -0.05) is 25.8 Å². The zero-order valence-electron chi connectivity index (χ0n) is 17.4. The topological polar surface area (TPSA) is 73.5 Å². The third kappa shape index (κ3) is 6.89. The van der Waals surface area contributed by atoms with Gasteiger partial charge in [0, 0.05) is 30.4 Å². The first-order chi connectivity index (χ1) is 13.7. The Kier molecular flexibility index (Phi) is 9.74. The second-order valence-corrected chi connectivity index (χ2v) is 7.96. The summed E-state index contributed by atoms with van der Waals surface area (Å²) in [6.07, 6.45) is 6.70. The van der Waals surface area contributed by atoms with Gasteiger partial charge in [-0.05, 0) is 63.4 Å². The number of amides is 2. The molecule has 2 heterocycles. The van der Waals surface area contributed by atoms with Crippen molar-refractivity contribution in [2.45, 2.75) is 57.9 Å². The first kappa shape index (κ1) is 23.5. The molecular formula is C22H35ClN4O2. The van der Waals surface area contributed by atoms with Crippen LogP contribution in [-0.4, -0.2) is 44.0 Å². The van der Waals surface area contributed by atoms with Crippen molar-refractivity contribution in [3.63, 3.8) is 0 Å². The molecule has 0 saturated carbocycles. The second kappa shape index (κ2) is 12.0. The van der Waals surface area contributed by atoms with Gasteiger partial charge in [-0.15, -0.1) is 12.4 Å². The Balaban J connectivity index is 0.00000300. The Morgan fingerprint density at radius 3 is 2.62 bits per heavy atom. The number of nitrogens with one attached hydrogen (secondary N) is 3. The molecule has 2 saturated heterocycles. The van der Waals surface area contributed by atoms with E-state index in [1.54, 1.807) is 0 Å². The summed E-state index contributed by atoms with van der Waals surface area (Å²) in [5.41, 5.74) is 1.95. The van der Waals surface area contributed by atoms with Crippen LogP contribution in [0.1, 0.15) is 51.9 Å². The minimum absolute atomic E-state index is 0. The fourth-order valence-electron chi connectivity index (χ4n) is 4.04. The maximum Gasteiger partial charge on any atom is 0.246 e. The van der Waals surface area contributed by atoms with Gasteiger partial charge >= 0.3 is 0 Å². The molecule has 3 N–H and O–H groups in total. The number of carbonyl (C=O) groups excluding carboxylic acids is 2. The van der Waals surface area contributed by atoms with Crippen molar-refractivity contribution in [1.82, 2.24) is 10.6 Å². The lowest BCUT2D eigenvalue weighted by atomic mass is 9.96. The van der Waals surface area contributed by atoms with Crippen molar-refractivity contribution >= 4 is 35.6 Å². The average Bonchev–Trinajstić information content (AvgIpc) is 3.26. The number of nitrogens with zero attached hydrogens (tertiary/aromatic N) is 1. The maximum atomic E-state index is 12.9. The molecule has 29 heavy (non-hydrogen) atoms. The van der Waals surface area contributed by atoms with Crippen LogP contribution in [0.25, 0.3) is 0 Å². The molecule has 1 unspecified atom stereocenters. The molecule has 1 aromatic rings. The molecule has 1 aromatic carbocycles. The highest BCUT2D eigenvalue weighted by atomic mass is 35.5. The van der Waals surface area contributed by atoms with E-state index in [1.165, 1.54) is 12.8 Å². The summed E-state index contributed by atoms with van der Waals surface area (Å²) in [5.74, 6) is -0.0884. The van der Waals surface area contributed by atoms with Crippen LogP contribution in [0, 0.1) is 5.92 Å². The number of anilines is 2. The van der Waals surface area contributed by atoms with Crippen molar-refractivity contribution in [2.75, 3.05) is 36.4 Å². The Morgan fingerprint density at radius 1 is 1.21 bits per heavy atom. The number of unbranched alkanes of at least 4 members (excludes halogenated alkanes) is 1. The van der Waals surface area contributed by atoms with Crippen LogP contribution in [0.3, 0.4) is 0 Å². The number of carbonyl (C=O) groups is 2. The van der Waals surface area contributed by atoms with Gasteiger partial charge in [0.1, 0.15) is 6.04 Å². The predicted octanol–water partition coefficient (Wildman–Crippen LogP) is 3.32. The van der Waals surface area contributed by atoms with E-state index in [0.29, 0.717) is 6.42 Å². The molecule has 3 rings (SSSR count). The highest BCUT2D eigenvalue weighted by Gasteiger charge is 2.26. The Labute approximate surface area is 180 Å². The minimum atomic E-state index is -0.474. The van der Waals surface area contributed by atoms with E-state index in [0.717, 1.165) is 63.2 Å². The quantitative estimate of drug-likeness (QED) is 0.600. The molecule has 7 heteroatoms. The van der Waals surface area contributed by atoms with Gasteiger partial charge in [0.25, 0.3) is 0 Å². The number of hydrogen-bond donors (Lipinski definition) is 3. The SMILES string of the molecule is CCCCC(NC(=O)C1CCNCC1)C(=O)Nc1cccc(N2CCCC2)c1.Cl. The third-order valence-electron chi connectivity index (χ3n) is 5.77. The first-order valence-electron chi connectivity index (χ1n) is 10.8. The lowest BCUT2D eigenvalue weighted by molar-refractivity contribution is -0.130. The molecule has 2 amide bonds. The number of benzene rings is 1. The molecule has 1 atom stereocenters. The van der Waals surface area contributed by atoms with Crippen molar-refractivity contribution in [2.24, 2.45) is 5.92 Å². The summed E-state index contributed by atoms with van der Waals surface area (Å²) in [6, 6.07) is 7.56. The van der Waals surface area contributed by atoms with Crippen molar-refractivity contribution in [3.05, 3.63) is 24.3 Å². The summed E-state index contributed by atoms with van der Waals surface area (Å²) in [4.78, 5) is 27.9. The van der Waals surface area contributed by atoms with Gasteiger partial charge in [0.2, 0.25) is 11.8 Å². The van der Waals surface area contributed by atoms with E-state index in [1.807, 2.05) is 18.2 Å². The number of halogens is 1. The average molecular weight is 423 g/mol. The van der Waals surface area contributed by atoms with Crippen molar-refractivity contribution in [3.8, 4) is 0 Å². The molecule has 2 fully saturated rings. The van der Waals surface area contributed by atoms with E-state index in [-0.39, 0.29) is 30.1 Å². The smallest absolute Gasteiger partial charge is 0.246 e. The summed E-state index contributed by atoms with van der Waals surface area (Å²) in [5, 5.41) is 9.33. The van der Waals surface area contributed by atoms with Crippen LogP contribution in [-0.2, 0) is 9.59 Å². The van der Waals surface area contributed by atoms with Gasteiger partial charge in [-0.25, -0.2) is 0 Å². The molecule has 6 nitrogen and oxygen atoms in total. The van der Waals surface area contributed by atoms with Crippen LogP contribution in [0.4, 0.5) is 11.4 Å². The lowest BCUT2D eigenvalue weighted by Gasteiger charge is -2.25. The Morgan fingerprint density at radius 2 is 1.93 bits per heavy atom. The van der Waals surface area contributed by atoms with Crippen LogP contribution in [0.5, 0.6) is 0 Å². The molecule has 2 aliphatic heterocycles. The van der Waals surface area contributed by atoms with E-state index < -0.39 is 6.04 Å². The zero-order valence-corrected chi connectivity index (χ0v) is 18.2. The monoisotopic (exact) mass is 422 g/mol. The Hall–Kier alpha value is -1.79. The molecular weight excluding hydrogens is 388 g/mol. The van der Waals surface area contributed by atoms with E-state index in [2.05, 4.69) is 33.8 Å². The largest absolute Gasteiger partial charge is 0.371 e. The van der Waals surface area contributed by atoms with Crippen molar-refractivity contribution < 1.29 is 9.59 Å². The number of piperidine rings is 1. The van der Waals surface area contributed by atoms with E-state index >= 15 is 0 Å². The Bertz CT molecular complexity index is 658. The normalized spacial score (nSPS) is 18.0. The summed E-state index contributed by atoms with van der Waals surface area (Å²) in [7, 11) is 0. The van der Waals surface area contributed by atoms with Crippen LogP contribution in [0.15, 0.2) is 24.3 Å². The number of rotatable bonds is 8. The second-order valence-electron chi connectivity index (χ2n) is 7.96. The summed E-state index contributed by atoms with van der Waals surface area (Å²) in [6.45, 7) is 5.98. The third-order valence-corrected chi connectivity index (χ3v) is 5.77. The molecule has 0 spiro atoms. The van der Waals surface area contributed by atoms with Gasteiger partial charge in [0.05, 0.1) is 0 Å². The van der Waals surface area contributed by atoms with Crippen LogP contribution < -0.4 is 20.9 Å². The molecule has 0 aromatic heterocycles. The molecule has 162 valence electrons. The molecule has 0 bridgehead atoms. The standard InChI is InChI=1S/C22H34N4O2.ClH/c1-2-3-9-20(25-21(27)17-10-12-23-13-11-17)22(28)24-18-7-6-8-19(16-18)26-14-4-5-15-26;/h6-8,16-17,20,23H,2-5,9-15H2,1H3,(H,24,28)(H,25,27);1H. The maximum absolute atomic E-state index is 12.9. The number of hydrogen-bond acceptors (Lipinski definition) is 4. The van der Waals surface area contributed by atoms with Crippen LogP contribution >= 0.6 is 12.4 Å². The highest BCUT2D eigenvalue weighted by molar-refractivity contribution is 5.97. The van der Waals surface area contributed by atoms with Gasteiger partial charge in [-0.2, -0.15) is 0 Å². The minimum Gasteiger partial charge on any atom is -0.371 e. The molecule has 0 radical (unpaired) electrons. The molecule has 0 aliphatic carbocycles. The predicted molar refractivity (Wildman–Crippen MR) is 121 cm³/mol. The van der Waals surface area contributed by atoms with Gasteiger partial charge in [0.15, 0.2) is 0 Å². The summed E-state index contributed by atoms with van der Waals surface area (Å²) >= 11 is 0. The first-order valence-corrected chi connectivity index (χ1v) is 10.8. The van der Waals surface area contributed by atoms with Gasteiger partial charge in [-0.3, -0.25) is 9.59 Å². The lowest BCUT2D eigenvalue weighted by Crippen LogP contribution is -2.47. The van der Waals surface area contributed by atoms with E-state index in [9.17, 15) is 9.59 Å². The van der Waals surface area contributed by atoms with Crippen LogP contribution in [0.2, 0.25) is 0 Å². The zero-order chi connectivity index (χ0) is 19.8.